The van der Waals surface area contributed by atoms with Crippen LogP contribution in [0.3, 0.4) is 0 Å². The summed E-state index contributed by atoms with van der Waals surface area (Å²) < 4.78 is 1.68. The maximum absolute atomic E-state index is 12.7. The van der Waals surface area contributed by atoms with Gasteiger partial charge in [-0.1, -0.05) is 26.0 Å². The van der Waals surface area contributed by atoms with Crippen LogP contribution in [0.4, 0.5) is 11.5 Å². The number of amides is 1. The summed E-state index contributed by atoms with van der Waals surface area (Å²) in [5.41, 5.74) is 2.85. The number of carbonyl (C=O) groups is 1. The highest BCUT2D eigenvalue weighted by molar-refractivity contribution is 5.92. The maximum Gasteiger partial charge on any atom is 0.227 e. The van der Waals surface area contributed by atoms with E-state index in [1.54, 1.807) is 10.8 Å². The Bertz CT molecular complexity index is 942. The third-order valence-corrected chi connectivity index (χ3v) is 5.16. The Morgan fingerprint density at radius 3 is 2.78 bits per heavy atom. The van der Waals surface area contributed by atoms with Crippen molar-refractivity contribution in [3.05, 3.63) is 48.3 Å². The number of aromatic nitrogens is 4. The van der Waals surface area contributed by atoms with Crippen LogP contribution in [0.25, 0.3) is 5.65 Å². The molecular weight excluding hydrogens is 340 g/mol. The molecule has 1 amide bonds. The summed E-state index contributed by atoms with van der Waals surface area (Å²) in [7, 11) is 0. The van der Waals surface area contributed by atoms with Crippen LogP contribution in [0.5, 0.6) is 0 Å². The van der Waals surface area contributed by atoms with Gasteiger partial charge in [0.15, 0.2) is 5.65 Å². The predicted molar refractivity (Wildman–Crippen MR) is 105 cm³/mol. The third-order valence-electron chi connectivity index (χ3n) is 5.16. The van der Waals surface area contributed by atoms with Crippen LogP contribution in [0.2, 0.25) is 0 Å². The second kappa shape index (κ2) is 7.34. The summed E-state index contributed by atoms with van der Waals surface area (Å²) in [6.07, 6.45) is 3.24. The van der Waals surface area contributed by atoms with E-state index in [9.17, 15) is 4.79 Å². The average molecular weight is 364 g/mol. The lowest BCUT2D eigenvalue weighted by Crippen LogP contribution is -2.38. The Morgan fingerprint density at radius 1 is 1.19 bits per heavy atom. The van der Waals surface area contributed by atoms with Gasteiger partial charge in [0.05, 0.1) is 0 Å². The summed E-state index contributed by atoms with van der Waals surface area (Å²) >= 11 is 0. The highest BCUT2D eigenvalue weighted by Gasteiger charge is 2.26. The van der Waals surface area contributed by atoms with Crippen LogP contribution in [0, 0.1) is 5.92 Å². The van der Waals surface area contributed by atoms with E-state index in [-0.39, 0.29) is 11.8 Å². The number of hydrogen-bond donors (Lipinski definition) is 1. The molecule has 0 unspecified atom stereocenters. The van der Waals surface area contributed by atoms with Crippen molar-refractivity contribution >= 4 is 23.1 Å². The van der Waals surface area contributed by atoms with Gasteiger partial charge in [0.1, 0.15) is 12.1 Å². The molecular formula is C20H24N6O. The molecule has 1 saturated heterocycles. The molecule has 140 valence electrons. The second-order valence-electron chi connectivity index (χ2n) is 7.36. The van der Waals surface area contributed by atoms with Gasteiger partial charge in [-0.05, 0) is 48.6 Å². The van der Waals surface area contributed by atoms with E-state index in [1.807, 2.05) is 24.3 Å². The van der Waals surface area contributed by atoms with Gasteiger partial charge in [-0.2, -0.15) is 4.52 Å². The largest absolute Gasteiger partial charge is 0.355 e. The molecule has 0 aliphatic carbocycles. The molecule has 0 saturated carbocycles. The molecule has 1 N–H and O–H groups in total. The number of anilines is 2. The molecule has 7 heteroatoms. The second-order valence-corrected chi connectivity index (χ2v) is 7.36. The molecule has 0 radical (unpaired) electrons. The molecule has 0 spiro atoms. The van der Waals surface area contributed by atoms with Crippen molar-refractivity contribution < 1.29 is 4.79 Å². The van der Waals surface area contributed by atoms with E-state index < -0.39 is 0 Å². The Morgan fingerprint density at radius 2 is 2.00 bits per heavy atom. The van der Waals surface area contributed by atoms with Crippen molar-refractivity contribution in [2.45, 2.75) is 32.6 Å². The predicted octanol–water partition coefficient (Wildman–Crippen LogP) is 3.10. The first-order valence-corrected chi connectivity index (χ1v) is 9.43. The van der Waals surface area contributed by atoms with Gasteiger partial charge < -0.3 is 10.2 Å². The van der Waals surface area contributed by atoms with Crippen LogP contribution in [0.1, 0.15) is 38.2 Å². The minimum Gasteiger partial charge on any atom is -0.355 e. The van der Waals surface area contributed by atoms with E-state index in [0.29, 0.717) is 5.92 Å². The SMILES string of the molecule is CC(C)c1cccc(NC(=O)C2CCN(c3ccc4nncn4n3)CC2)c1. The van der Waals surface area contributed by atoms with Gasteiger partial charge in [0.2, 0.25) is 5.91 Å². The molecule has 0 bridgehead atoms. The van der Waals surface area contributed by atoms with Crippen molar-refractivity contribution in [2.24, 2.45) is 5.92 Å². The average Bonchev–Trinajstić information content (AvgIpc) is 3.16. The Kier molecular flexibility index (Phi) is 4.75. The number of piperidine rings is 1. The smallest absolute Gasteiger partial charge is 0.227 e. The number of fused-ring (bicyclic) bond motifs is 1. The molecule has 4 rings (SSSR count). The van der Waals surface area contributed by atoms with Crippen molar-refractivity contribution in [2.75, 3.05) is 23.3 Å². The van der Waals surface area contributed by atoms with Crippen molar-refractivity contribution in [1.29, 1.82) is 0 Å². The Labute approximate surface area is 158 Å². The van der Waals surface area contributed by atoms with E-state index in [4.69, 9.17) is 0 Å². The number of benzene rings is 1. The third kappa shape index (κ3) is 3.77. The number of nitrogens with zero attached hydrogens (tertiary/aromatic N) is 5. The van der Waals surface area contributed by atoms with Crippen molar-refractivity contribution in [1.82, 2.24) is 19.8 Å². The maximum atomic E-state index is 12.7. The van der Waals surface area contributed by atoms with Gasteiger partial charge >= 0.3 is 0 Å². The number of nitrogens with one attached hydrogen (secondary N) is 1. The van der Waals surface area contributed by atoms with E-state index in [1.165, 1.54) is 5.56 Å². The monoisotopic (exact) mass is 364 g/mol. The Hall–Kier alpha value is -2.96. The summed E-state index contributed by atoms with van der Waals surface area (Å²) in [5, 5.41) is 15.5. The zero-order valence-corrected chi connectivity index (χ0v) is 15.7. The van der Waals surface area contributed by atoms with Gasteiger partial charge in [-0.15, -0.1) is 15.3 Å². The first-order chi connectivity index (χ1) is 13.1. The first kappa shape index (κ1) is 17.5. The fraction of sp³-hybridized carbons (Fsp3) is 0.400. The molecule has 1 fully saturated rings. The lowest BCUT2D eigenvalue weighted by molar-refractivity contribution is -0.120. The minimum absolute atomic E-state index is 0.0302. The normalized spacial score (nSPS) is 15.4. The van der Waals surface area contributed by atoms with Gasteiger partial charge in [-0.25, -0.2) is 0 Å². The Balaban J connectivity index is 1.37. The molecule has 1 aromatic carbocycles. The van der Waals surface area contributed by atoms with Gasteiger partial charge in [0, 0.05) is 24.7 Å². The first-order valence-electron chi connectivity index (χ1n) is 9.43. The molecule has 2 aromatic heterocycles. The summed E-state index contributed by atoms with van der Waals surface area (Å²) in [6, 6.07) is 12.0. The fourth-order valence-corrected chi connectivity index (χ4v) is 3.48. The van der Waals surface area contributed by atoms with Crippen LogP contribution in [0.15, 0.2) is 42.7 Å². The quantitative estimate of drug-likeness (QED) is 0.770. The van der Waals surface area contributed by atoms with Gasteiger partial charge in [-0.3, -0.25) is 4.79 Å². The van der Waals surface area contributed by atoms with E-state index in [2.05, 4.69) is 51.5 Å². The van der Waals surface area contributed by atoms with Gasteiger partial charge in [0.25, 0.3) is 0 Å². The van der Waals surface area contributed by atoms with Crippen LogP contribution in [-0.2, 0) is 4.79 Å². The van der Waals surface area contributed by atoms with E-state index >= 15 is 0 Å². The topological polar surface area (TPSA) is 75.4 Å². The van der Waals surface area contributed by atoms with Crippen molar-refractivity contribution in [3.8, 4) is 0 Å². The molecule has 3 aromatic rings. The number of hydrogen-bond acceptors (Lipinski definition) is 5. The number of rotatable bonds is 4. The fourth-order valence-electron chi connectivity index (χ4n) is 3.48. The lowest BCUT2D eigenvalue weighted by Gasteiger charge is -2.32. The number of carbonyl (C=O) groups excluding carboxylic acids is 1. The molecule has 1 aliphatic heterocycles. The summed E-state index contributed by atoms with van der Waals surface area (Å²) in [4.78, 5) is 14.9. The summed E-state index contributed by atoms with van der Waals surface area (Å²) in [6.45, 7) is 5.93. The van der Waals surface area contributed by atoms with Crippen molar-refractivity contribution in [3.63, 3.8) is 0 Å². The van der Waals surface area contributed by atoms with Crippen LogP contribution < -0.4 is 10.2 Å². The highest BCUT2D eigenvalue weighted by atomic mass is 16.1. The zero-order valence-electron chi connectivity index (χ0n) is 15.7. The minimum atomic E-state index is 0.0302. The van der Waals surface area contributed by atoms with Crippen LogP contribution >= 0.6 is 0 Å². The standard InChI is InChI=1S/C20H24N6O/c1-14(2)16-4-3-5-17(12-16)22-20(27)15-8-10-25(11-9-15)19-7-6-18-23-21-13-26(18)24-19/h3-7,12-15H,8-11H2,1-2H3,(H,22,27). The molecule has 3 heterocycles. The molecule has 1 aliphatic rings. The lowest BCUT2D eigenvalue weighted by atomic mass is 9.95. The zero-order chi connectivity index (χ0) is 18.8. The van der Waals surface area contributed by atoms with E-state index in [0.717, 1.165) is 43.1 Å². The molecule has 0 atom stereocenters. The molecule has 7 nitrogen and oxygen atoms in total. The van der Waals surface area contributed by atoms with Crippen LogP contribution in [-0.4, -0.2) is 38.8 Å². The summed E-state index contributed by atoms with van der Waals surface area (Å²) in [5.74, 6) is 1.48. The molecule has 27 heavy (non-hydrogen) atoms. The highest BCUT2D eigenvalue weighted by Crippen LogP contribution is 2.24.